The molecule has 0 amide bonds. The third-order valence-corrected chi connectivity index (χ3v) is 2.20. The van der Waals surface area contributed by atoms with Gasteiger partial charge < -0.3 is 10.2 Å². The maximum atomic E-state index is 9.60. The van der Waals surface area contributed by atoms with E-state index >= 15 is 0 Å². The van der Waals surface area contributed by atoms with Crippen LogP contribution in [0.5, 0.6) is 5.75 Å². The topological polar surface area (TPSA) is 40.5 Å². The van der Waals surface area contributed by atoms with E-state index in [4.69, 9.17) is 0 Å². The van der Waals surface area contributed by atoms with Gasteiger partial charge in [-0.15, -0.1) is 0 Å². The Morgan fingerprint density at radius 2 is 1.86 bits per heavy atom. The van der Waals surface area contributed by atoms with Crippen molar-refractivity contribution in [2.75, 3.05) is 0 Å². The molecule has 0 aromatic heterocycles. The fourth-order valence-electron chi connectivity index (χ4n) is 1.51. The van der Waals surface area contributed by atoms with Crippen molar-refractivity contribution in [3.63, 3.8) is 0 Å². The molecule has 2 heteroatoms. The highest BCUT2D eigenvalue weighted by Crippen LogP contribution is 2.31. The summed E-state index contributed by atoms with van der Waals surface area (Å²) in [6, 6.07) is 6.99. The van der Waals surface area contributed by atoms with E-state index in [2.05, 4.69) is 0 Å². The molecule has 0 heterocycles. The Morgan fingerprint density at radius 1 is 1.07 bits per heavy atom. The molecule has 2 N–H and O–H groups in total. The number of aliphatic hydroxyl groups excluding tert-OH is 1. The first-order valence-corrected chi connectivity index (χ1v) is 4.50. The summed E-state index contributed by atoms with van der Waals surface area (Å²) in [6.45, 7) is 0. The number of para-hydroxylation sites is 1. The highest BCUT2D eigenvalue weighted by molar-refractivity contribution is 5.79. The largest absolute Gasteiger partial charge is 0.508 e. The molecule has 0 spiro atoms. The van der Waals surface area contributed by atoms with Crippen LogP contribution in [0, 0.1) is 6.42 Å². The number of phenols is 1. The molecule has 0 aliphatic heterocycles. The number of aliphatic hydroxyl groups is 1. The van der Waals surface area contributed by atoms with Crippen LogP contribution in [0.2, 0.25) is 0 Å². The molecule has 1 radical (unpaired) electrons. The minimum absolute atomic E-state index is 0.195. The average Bonchev–Trinajstić information content (AvgIpc) is 2.20. The van der Waals surface area contributed by atoms with Crippen molar-refractivity contribution in [3.8, 4) is 5.75 Å². The maximum Gasteiger partial charge on any atom is 0.123 e. The molecule has 14 heavy (non-hydrogen) atoms. The first kappa shape index (κ1) is 8.88. The molecule has 1 aromatic carbocycles. The third kappa shape index (κ3) is 1.51. The summed E-state index contributed by atoms with van der Waals surface area (Å²) in [7, 11) is 0. The molecule has 0 atom stereocenters. The molecular formula is C12H11O2. The molecule has 1 aliphatic carbocycles. The van der Waals surface area contributed by atoms with E-state index in [0.29, 0.717) is 11.1 Å². The predicted octanol–water partition coefficient (Wildman–Crippen LogP) is 2.83. The van der Waals surface area contributed by atoms with Gasteiger partial charge in [0.2, 0.25) is 0 Å². The van der Waals surface area contributed by atoms with Crippen LogP contribution >= 0.6 is 0 Å². The summed E-state index contributed by atoms with van der Waals surface area (Å²) < 4.78 is 0. The van der Waals surface area contributed by atoms with E-state index in [1.807, 2.05) is 18.6 Å². The lowest BCUT2D eigenvalue weighted by Crippen LogP contribution is -1.95. The van der Waals surface area contributed by atoms with Gasteiger partial charge in [-0.05, 0) is 25.0 Å². The van der Waals surface area contributed by atoms with Crippen LogP contribution < -0.4 is 0 Å². The van der Waals surface area contributed by atoms with Crippen molar-refractivity contribution in [1.29, 1.82) is 0 Å². The molecule has 71 valence electrons. The SMILES string of the molecule is OC1=C(c2ccccc2O)[CH]CC=C1. The number of aromatic hydroxyl groups is 1. The molecule has 1 aromatic rings. The summed E-state index contributed by atoms with van der Waals surface area (Å²) >= 11 is 0. The highest BCUT2D eigenvalue weighted by atomic mass is 16.3. The standard InChI is InChI=1S/C12H11O2/c13-11-7-3-1-5-9(11)10-6-2-4-8-12(10)14/h1,3-8,13-14H,2H2. The predicted molar refractivity (Wildman–Crippen MR) is 55.7 cm³/mol. The van der Waals surface area contributed by atoms with Gasteiger partial charge in [0, 0.05) is 11.1 Å². The molecule has 0 saturated heterocycles. The Morgan fingerprint density at radius 3 is 2.57 bits per heavy atom. The molecule has 0 fully saturated rings. The summed E-state index contributed by atoms with van der Waals surface area (Å²) in [5.41, 5.74) is 1.37. The summed E-state index contributed by atoms with van der Waals surface area (Å²) in [5, 5.41) is 19.2. The highest BCUT2D eigenvalue weighted by Gasteiger charge is 2.12. The quantitative estimate of drug-likeness (QED) is 0.709. The monoisotopic (exact) mass is 187 g/mol. The number of allylic oxidation sites excluding steroid dienone is 3. The molecule has 0 saturated carbocycles. The normalized spacial score (nSPS) is 16.0. The van der Waals surface area contributed by atoms with Crippen molar-refractivity contribution in [2.45, 2.75) is 6.42 Å². The summed E-state index contributed by atoms with van der Waals surface area (Å²) in [6.07, 6.45) is 6.21. The Balaban J connectivity index is 2.49. The smallest absolute Gasteiger partial charge is 0.123 e. The van der Waals surface area contributed by atoms with Crippen molar-refractivity contribution in [3.05, 3.63) is 54.2 Å². The minimum atomic E-state index is 0.195. The second kappa shape index (κ2) is 3.58. The Hall–Kier alpha value is -1.70. The number of hydrogen-bond donors (Lipinski definition) is 2. The molecule has 2 nitrogen and oxygen atoms in total. The number of benzene rings is 1. The van der Waals surface area contributed by atoms with Crippen LogP contribution in [0.15, 0.2) is 42.2 Å². The molecule has 1 aliphatic rings. The van der Waals surface area contributed by atoms with Crippen LogP contribution in [0.3, 0.4) is 0 Å². The average molecular weight is 187 g/mol. The van der Waals surface area contributed by atoms with Gasteiger partial charge in [0.1, 0.15) is 11.5 Å². The molecule has 2 rings (SSSR count). The fraction of sp³-hybridized carbons (Fsp3) is 0.0833. The number of rotatable bonds is 1. The molecular weight excluding hydrogens is 176 g/mol. The minimum Gasteiger partial charge on any atom is -0.508 e. The molecule has 0 bridgehead atoms. The molecule has 0 unspecified atom stereocenters. The van der Waals surface area contributed by atoms with Gasteiger partial charge in [-0.25, -0.2) is 0 Å². The van der Waals surface area contributed by atoms with Gasteiger partial charge in [-0.2, -0.15) is 0 Å². The van der Waals surface area contributed by atoms with Gasteiger partial charge >= 0.3 is 0 Å². The van der Waals surface area contributed by atoms with Crippen molar-refractivity contribution < 1.29 is 10.2 Å². The number of phenolic OH excluding ortho intramolecular Hbond substituents is 1. The third-order valence-electron chi connectivity index (χ3n) is 2.20. The first-order chi connectivity index (χ1) is 6.79. The zero-order valence-corrected chi connectivity index (χ0v) is 7.64. The van der Waals surface area contributed by atoms with Crippen molar-refractivity contribution in [2.24, 2.45) is 0 Å². The number of hydrogen-bond acceptors (Lipinski definition) is 2. The van der Waals surface area contributed by atoms with E-state index in [1.54, 1.807) is 24.3 Å². The first-order valence-electron chi connectivity index (χ1n) is 4.50. The second-order valence-electron chi connectivity index (χ2n) is 3.16. The van der Waals surface area contributed by atoms with Gasteiger partial charge in [-0.3, -0.25) is 0 Å². The van der Waals surface area contributed by atoms with E-state index in [0.717, 1.165) is 6.42 Å². The van der Waals surface area contributed by atoms with E-state index in [9.17, 15) is 10.2 Å². The van der Waals surface area contributed by atoms with Crippen molar-refractivity contribution >= 4 is 5.57 Å². The van der Waals surface area contributed by atoms with Gasteiger partial charge in [0.05, 0.1) is 0 Å². The summed E-state index contributed by atoms with van der Waals surface area (Å²) in [4.78, 5) is 0. The zero-order valence-electron chi connectivity index (χ0n) is 7.64. The van der Waals surface area contributed by atoms with E-state index in [1.165, 1.54) is 0 Å². The lowest BCUT2D eigenvalue weighted by Gasteiger charge is -2.12. The second-order valence-corrected chi connectivity index (χ2v) is 3.16. The maximum absolute atomic E-state index is 9.60. The van der Waals surface area contributed by atoms with Crippen LogP contribution in [-0.2, 0) is 0 Å². The van der Waals surface area contributed by atoms with Crippen molar-refractivity contribution in [1.82, 2.24) is 0 Å². The van der Waals surface area contributed by atoms with Crippen LogP contribution in [0.4, 0.5) is 0 Å². The van der Waals surface area contributed by atoms with Gasteiger partial charge in [-0.1, -0.05) is 24.3 Å². The zero-order chi connectivity index (χ0) is 9.97. The van der Waals surface area contributed by atoms with E-state index in [-0.39, 0.29) is 11.5 Å². The lowest BCUT2D eigenvalue weighted by molar-refractivity contribution is 0.432. The van der Waals surface area contributed by atoms with Gasteiger partial charge in [0.25, 0.3) is 0 Å². The Bertz CT molecular complexity index is 403. The lowest BCUT2D eigenvalue weighted by atomic mass is 9.95. The summed E-state index contributed by atoms with van der Waals surface area (Å²) in [5.74, 6) is 0.401. The Labute approximate surface area is 82.8 Å². The van der Waals surface area contributed by atoms with E-state index < -0.39 is 0 Å². The van der Waals surface area contributed by atoms with Crippen LogP contribution in [0.1, 0.15) is 12.0 Å². The van der Waals surface area contributed by atoms with Crippen LogP contribution in [0.25, 0.3) is 5.57 Å². The van der Waals surface area contributed by atoms with Crippen LogP contribution in [-0.4, -0.2) is 10.2 Å². The fourth-order valence-corrected chi connectivity index (χ4v) is 1.51. The van der Waals surface area contributed by atoms with Gasteiger partial charge in [0.15, 0.2) is 0 Å². The Kier molecular flexibility index (Phi) is 2.27.